The van der Waals surface area contributed by atoms with E-state index in [1.807, 2.05) is 0 Å². The van der Waals surface area contributed by atoms with Gasteiger partial charge in [-0.1, -0.05) is 6.07 Å². The second-order valence-corrected chi connectivity index (χ2v) is 4.00. The molecule has 1 rings (SSSR count). The highest BCUT2D eigenvalue weighted by atomic mass is 19.4. The van der Waals surface area contributed by atoms with Gasteiger partial charge in [0.25, 0.3) is 0 Å². The topological polar surface area (TPSA) is 62.0 Å². The maximum Gasteiger partial charge on any atom is 0.451 e. The van der Waals surface area contributed by atoms with Crippen LogP contribution < -0.4 is 0 Å². The Hall–Kier alpha value is -2.39. The molecular weight excluding hydrogens is 318 g/mol. The molecule has 120 valence electrons. The number of allylic oxidation sites excluding steroid dienone is 2. The number of azo groups is 1. The largest absolute Gasteiger partial charge is 0.503 e. The Kier molecular flexibility index (Phi) is 4.94. The van der Waals surface area contributed by atoms with Crippen molar-refractivity contribution in [2.45, 2.75) is 19.3 Å². The summed E-state index contributed by atoms with van der Waals surface area (Å²) in [4.78, 5) is 11.0. The Morgan fingerprint density at radius 1 is 1.14 bits per heavy atom. The van der Waals surface area contributed by atoms with Crippen molar-refractivity contribution in [1.82, 2.24) is 0 Å². The van der Waals surface area contributed by atoms with Crippen molar-refractivity contribution in [3.05, 3.63) is 41.3 Å². The van der Waals surface area contributed by atoms with Gasteiger partial charge in [0.15, 0.2) is 11.5 Å². The quantitative estimate of drug-likeness (QED) is 0.378. The van der Waals surface area contributed by atoms with E-state index in [-0.39, 0.29) is 0 Å². The summed E-state index contributed by atoms with van der Waals surface area (Å²) in [6.45, 7) is 0.697. The SMILES string of the molecule is CC(=O)C(N=Nc1cccc(C(F)(F)F)c1)=C(O)C(F)(F)F. The molecule has 10 heteroatoms. The molecule has 0 aromatic heterocycles. The molecule has 22 heavy (non-hydrogen) atoms. The highest BCUT2D eigenvalue weighted by molar-refractivity contribution is 5.93. The first kappa shape index (κ1) is 17.7. The van der Waals surface area contributed by atoms with E-state index in [4.69, 9.17) is 5.11 Å². The Morgan fingerprint density at radius 2 is 1.73 bits per heavy atom. The summed E-state index contributed by atoms with van der Waals surface area (Å²) in [5.41, 5.74) is -2.91. The lowest BCUT2D eigenvalue weighted by atomic mass is 10.2. The van der Waals surface area contributed by atoms with Gasteiger partial charge in [-0.05, 0) is 18.2 Å². The molecule has 0 spiro atoms. The van der Waals surface area contributed by atoms with E-state index >= 15 is 0 Å². The van der Waals surface area contributed by atoms with Gasteiger partial charge in [0.2, 0.25) is 5.76 Å². The lowest BCUT2D eigenvalue weighted by Crippen LogP contribution is -2.16. The monoisotopic (exact) mass is 326 g/mol. The van der Waals surface area contributed by atoms with Gasteiger partial charge in [0.05, 0.1) is 11.3 Å². The summed E-state index contributed by atoms with van der Waals surface area (Å²) in [5, 5.41) is 14.9. The predicted octanol–water partition coefficient (Wildman–Crippen LogP) is 4.71. The van der Waals surface area contributed by atoms with Crippen LogP contribution in [0.5, 0.6) is 0 Å². The fourth-order valence-electron chi connectivity index (χ4n) is 1.27. The van der Waals surface area contributed by atoms with Gasteiger partial charge < -0.3 is 5.11 Å². The fraction of sp³-hybridized carbons (Fsp3) is 0.250. The molecule has 0 radical (unpaired) electrons. The number of hydrogen-bond acceptors (Lipinski definition) is 4. The van der Waals surface area contributed by atoms with E-state index in [1.54, 1.807) is 0 Å². The standard InChI is InChI=1S/C12H8F6N2O2/c1-6(21)9(10(22)12(16,17)18)20-19-8-4-2-3-7(5-8)11(13,14)15/h2-5,22H,1H3. The number of alkyl halides is 6. The van der Waals surface area contributed by atoms with E-state index < -0.39 is 40.8 Å². The number of nitrogens with zero attached hydrogens (tertiary/aromatic N) is 2. The van der Waals surface area contributed by atoms with Crippen molar-refractivity contribution in [2.24, 2.45) is 10.2 Å². The van der Waals surface area contributed by atoms with Crippen LogP contribution in [-0.4, -0.2) is 17.1 Å². The zero-order chi connectivity index (χ0) is 17.1. The summed E-state index contributed by atoms with van der Waals surface area (Å²) < 4.78 is 74.3. The van der Waals surface area contributed by atoms with Crippen LogP contribution in [0.4, 0.5) is 32.0 Å². The molecule has 0 heterocycles. The zero-order valence-corrected chi connectivity index (χ0v) is 10.8. The number of aliphatic hydroxyl groups excluding tert-OH is 1. The smallest absolute Gasteiger partial charge is 0.451 e. The molecule has 1 N–H and O–H groups in total. The van der Waals surface area contributed by atoms with E-state index in [0.717, 1.165) is 18.2 Å². The third kappa shape index (κ3) is 4.57. The van der Waals surface area contributed by atoms with Crippen LogP contribution in [0.2, 0.25) is 0 Å². The molecule has 0 saturated carbocycles. The third-order valence-corrected chi connectivity index (χ3v) is 2.27. The first-order valence-electron chi connectivity index (χ1n) is 5.53. The molecule has 0 aliphatic rings. The van der Waals surface area contributed by atoms with Crippen LogP contribution in [0.25, 0.3) is 0 Å². The van der Waals surface area contributed by atoms with Crippen LogP contribution in [0, 0.1) is 0 Å². The van der Waals surface area contributed by atoms with Gasteiger partial charge in [-0.15, -0.1) is 5.11 Å². The van der Waals surface area contributed by atoms with Gasteiger partial charge in [0.1, 0.15) is 0 Å². The number of aliphatic hydroxyl groups is 1. The fourth-order valence-corrected chi connectivity index (χ4v) is 1.27. The number of rotatable bonds is 3. The zero-order valence-electron chi connectivity index (χ0n) is 10.8. The second kappa shape index (κ2) is 6.16. The van der Waals surface area contributed by atoms with Crippen molar-refractivity contribution in [1.29, 1.82) is 0 Å². The van der Waals surface area contributed by atoms with Gasteiger partial charge in [-0.2, -0.15) is 31.5 Å². The van der Waals surface area contributed by atoms with Crippen molar-refractivity contribution in [3.63, 3.8) is 0 Å². The lowest BCUT2D eigenvalue weighted by Gasteiger charge is -2.07. The van der Waals surface area contributed by atoms with E-state index in [1.165, 1.54) is 0 Å². The molecule has 0 aliphatic heterocycles. The number of benzene rings is 1. The Morgan fingerprint density at radius 3 is 2.18 bits per heavy atom. The molecule has 0 fully saturated rings. The van der Waals surface area contributed by atoms with Crippen molar-refractivity contribution >= 4 is 11.5 Å². The van der Waals surface area contributed by atoms with Crippen LogP contribution in [0.3, 0.4) is 0 Å². The minimum absolute atomic E-state index is 0.427. The van der Waals surface area contributed by atoms with Crippen LogP contribution in [0.1, 0.15) is 12.5 Å². The minimum Gasteiger partial charge on any atom is -0.503 e. The van der Waals surface area contributed by atoms with Crippen LogP contribution in [-0.2, 0) is 11.0 Å². The number of ketones is 1. The van der Waals surface area contributed by atoms with Crippen LogP contribution >= 0.6 is 0 Å². The molecule has 0 amide bonds. The number of halogens is 6. The molecule has 0 bridgehead atoms. The first-order chi connectivity index (χ1) is 9.93. The Bertz CT molecular complexity index is 631. The molecule has 0 unspecified atom stereocenters. The van der Waals surface area contributed by atoms with Gasteiger partial charge in [-0.25, -0.2) is 0 Å². The molecule has 0 atom stereocenters. The molecule has 1 aromatic rings. The third-order valence-electron chi connectivity index (χ3n) is 2.27. The maximum atomic E-state index is 12.5. The maximum absolute atomic E-state index is 12.5. The van der Waals surface area contributed by atoms with E-state index in [2.05, 4.69) is 10.2 Å². The summed E-state index contributed by atoms with van der Waals surface area (Å²) >= 11 is 0. The molecule has 4 nitrogen and oxygen atoms in total. The number of hydrogen-bond donors (Lipinski definition) is 1. The number of Topliss-reactive ketones (excluding diaryl/α,β-unsaturated/α-hetero) is 1. The molecule has 1 aromatic carbocycles. The van der Waals surface area contributed by atoms with Crippen molar-refractivity contribution < 1.29 is 36.2 Å². The Labute approximate surface area is 119 Å². The van der Waals surface area contributed by atoms with Gasteiger partial charge in [-0.3, -0.25) is 4.79 Å². The molecule has 0 aliphatic carbocycles. The molecular formula is C12H8F6N2O2. The number of carbonyl (C=O) groups excluding carboxylic acids is 1. The minimum atomic E-state index is -5.23. The van der Waals surface area contributed by atoms with E-state index in [9.17, 15) is 31.1 Å². The first-order valence-corrected chi connectivity index (χ1v) is 5.53. The van der Waals surface area contributed by atoms with Crippen LogP contribution in [0.15, 0.2) is 46.0 Å². The molecule has 0 saturated heterocycles. The second-order valence-electron chi connectivity index (χ2n) is 4.00. The lowest BCUT2D eigenvalue weighted by molar-refractivity contribution is -0.137. The van der Waals surface area contributed by atoms with Gasteiger partial charge in [0, 0.05) is 6.92 Å². The predicted molar refractivity (Wildman–Crippen MR) is 62.4 cm³/mol. The summed E-state index contributed by atoms with van der Waals surface area (Å²) in [5.74, 6) is -3.51. The highest BCUT2D eigenvalue weighted by Gasteiger charge is 2.38. The summed E-state index contributed by atoms with van der Waals surface area (Å²) in [7, 11) is 0. The van der Waals surface area contributed by atoms with E-state index in [0.29, 0.717) is 13.0 Å². The van der Waals surface area contributed by atoms with Crippen molar-refractivity contribution in [3.8, 4) is 0 Å². The summed E-state index contributed by atoms with van der Waals surface area (Å²) in [6, 6.07) is 3.28. The Balaban J connectivity index is 3.22. The van der Waals surface area contributed by atoms with Crippen molar-refractivity contribution in [2.75, 3.05) is 0 Å². The number of carbonyl (C=O) groups is 1. The average Bonchev–Trinajstić information content (AvgIpc) is 2.36. The highest BCUT2D eigenvalue weighted by Crippen LogP contribution is 2.32. The van der Waals surface area contributed by atoms with Gasteiger partial charge >= 0.3 is 12.4 Å². The summed E-state index contributed by atoms with van der Waals surface area (Å²) in [6.07, 6.45) is -9.90. The average molecular weight is 326 g/mol. The normalized spacial score (nSPS) is 14.1.